The first-order valence-electron chi connectivity index (χ1n) is 4.67. The van der Waals surface area contributed by atoms with Crippen molar-refractivity contribution in [2.24, 2.45) is 5.41 Å². The quantitative estimate of drug-likeness (QED) is 0.704. The molecule has 1 aliphatic rings. The number of amides is 1. The summed E-state index contributed by atoms with van der Waals surface area (Å²) in [5, 5.41) is 2.98. The van der Waals surface area contributed by atoms with Gasteiger partial charge in [-0.1, -0.05) is 6.92 Å². The van der Waals surface area contributed by atoms with Crippen molar-refractivity contribution in [3.8, 4) is 0 Å². The number of rotatable bonds is 2. The van der Waals surface area contributed by atoms with Crippen LogP contribution in [0.3, 0.4) is 0 Å². The zero-order valence-electron chi connectivity index (χ0n) is 9.10. The minimum absolute atomic E-state index is 0.0847. The summed E-state index contributed by atoms with van der Waals surface area (Å²) in [5.74, 6) is 0.122. The summed E-state index contributed by atoms with van der Waals surface area (Å²) >= 11 is 0. The van der Waals surface area contributed by atoms with Gasteiger partial charge in [-0.25, -0.2) is 0 Å². The molecule has 1 saturated heterocycles. The second-order valence-corrected chi connectivity index (χ2v) is 4.65. The van der Waals surface area contributed by atoms with E-state index in [2.05, 4.69) is 12.2 Å². The lowest BCUT2D eigenvalue weighted by molar-refractivity contribution is -0.120. The Kier molecular flexibility index (Phi) is 2.41. The van der Waals surface area contributed by atoms with Crippen molar-refractivity contribution in [1.29, 1.82) is 0 Å². The van der Waals surface area contributed by atoms with Crippen molar-refractivity contribution < 1.29 is 9.53 Å². The number of carbonyl (C=O) groups excluding carboxylic acids is 1. The van der Waals surface area contributed by atoms with Crippen LogP contribution in [-0.2, 0) is 9.53 Å². The van der Waals surface area contributed by atoms with E-state index in [0.717, 1.165) is 0 Å². The zero-order chi connectivity index (χ0) is 10.3. The summed E-state index contributed by atoms with van der Waals surface area (Å²) in [6.07, 6.45) is 0.635. The molecule has 0 bridgehead atoms. The largest absolute Gasteiger partial charge is 0.381 e. The van der Waals surface area contributed by atoms with Crippen LogP contribution in [0.1, 0.15) is 34.1 Å². The monoisotopic (exact) mass is 185 g/mol. The van der Waals surface area contributed by atoms with Crippen LogP contribution >= 0.6 is 0 Å². The van der Waals surface area contributed by atoms with Crippen molar-refractivity contribution in [3.63, 3.8) is 0 Å². The molecule has 13 heavy (non-hydrogen) atoms. The molecule has 1 fully saturated rings. The van der Waals surface area contributed by atoms with E-state index in [0.29, 0.717) is 6.42 Å². The fourth-order valence-electron chi connectivity index (χ4n) is 2.00. The maximum atomic E-state index is 11.3. The van der Waals surface area contributed by atoms with E-state index in [1.54, 1.807) is 7.11 Å². The Balaban J connectivity index is 2.95. The molecule has 1 N–H and O–H groups in total. The number of hydrogen-bond donors (Lipinski definition) is 1. The highest BCUT2D eigenvalue weighted by Gasteiger charge is 2.52. The number of nitrogens with one attached hydrogen (secondary N) is 1. The van der Waals surface area contributed by atoms with Gasteiger partial charge in [-0.15, -0.1) is 0 Å². The fraction of sp³-hybridized carbons (Fsp3) is 0.900. The standard InChI is InChI=1S/C10H19NO2/c1-7(13-5)10(4)6-8(12)11-9(10,2)3/h7H,6H2,1-5H3,(H,11,12). The van der Waals surface area contributed by atoms with Gasteiger partial charge in [0.1, 0.15) is 0 Å². The topological polar surface area (TPSA) is 38.3 Å². The number of ether oxygens (including phenoxy) is 1. The number of methoxy groups -OCH3 is 1. The highest BCUT2D eigenvalue weighted by atomic mass is 16.5. The van der Waals surface area contributed by atoms with E-state index in [1.165, 1.54) is 0 Å². The third kappa shape index (κ3) is 1.46. The Morgan fingerprint density at radius 2 is 2.00 bits per heavy atom. The molecule has 0 aromatic carbocycles. The number of carbonyl (C=O) groups is 1. The molecule has 1 heterocycles. The average molecular weight is 185 g/mol. The lowest BCUT2D eigenvalue weighted by Crippen LogP contribution is -2.51. The lowest BCUT2D eigenvalue weighted by atomic mass is 9.70. The maximum absolute atomic E-state index is 11.3. The van der Waals surface area contributed by atoms with E-state index in [1.807, 2.05) is 20.8 Å². The third-order valence-electron chi connectivity index (χ3n) is 3.66. The molecule has 0 radical (unpaired) electrons. The van der Waals surface area contributed by atoms with Gasteiger partial charge in [0, 0.05) is 24.5 Å². The molecule has 2 atom stereocenters. The van der Waals surface area contributed by atoms with Gasteiger partial charge in [0.2, 0.25) is 5.91 Å². The predicted octanol–water partition coefficient (Wildman–Crippen LogP) is 1.33. The summed E-state index contributed by atoms with van der Waals surface area (Å²) in [6.45, 7) is 8.21. The summed E-state index contributed by atoms with van der Waals surface area (Å²) in [5.41, 5.74) is -0.293. The van der Waals surface area contributed by atoms with Crippen LogP contribution in [0.4, 0.5) is 0 Å². The summed E-state index contributed by atoms with van der Waals surface area (Å²) in [7, 11) is 1.69. The van der Waals surface area contributed by atoms with Gasteiger partial charge in [0.15, 0.2) is 0 Å². The minimum Gasteiger partial charge on any atom is -0.381 e. The van der Waals surface area contributed by atoms with Crippen LogP contribution < -0.4 is 5.32 Å². The minimum atomic E-state index is -0.181. The van der Waals surface area contributed by atoms with Crippen molar-refractivity contribution in [2.45, 2.75) is 45.8 Å². The van der Waals surface area contributed by atoms with E-state index in [-0.39, 0.29) is 23.0 Å². The van der Waals surface area contributed by atoms with Gasteiger partial charge in [-0.2, -0.15) is 0 Å². The first-order chi connectivity index (χ1) is 5.83. The van der Waals surface area contributed by atoms with Crippen molar-refractivity contribution in [3.05, 3.63) is 0 Å². The molecular weight excluding hydrogens is 166 g/mol. The second kappa shape index (κ2) is 2.98. The maximum Gasteiger partial charge on any atom is 0.221 e. The van der Waals surface area contributed by atoms with Crippen LogP contribution in [0.25, 0.3) is 0 Å². The Morgan fingerprint density at radius 3 is 2.31 bits per heavy atom. The summed E-state index contributed by atoms with van der Waals surface area (Å²) < 4.78 is 5.33. The van der Waals surface area contributed by atoms with Crippen LogP contribution in [0.2, 0.25) is 0 Å². The highest BCUT2D eigenvalue weighted by molar-refractivity contribution is 5.80. The Hall–Kier alpha value is -0.570. The molecule has 1 rings (SSSR count). The van der Waals surface area contributed by atoms with E-state index in [4.69, 9.17) is 4.74 Å². The molecule has 0 saturated carbocycles. The van der Waals surface area contributed by atoms with Crippen molar-refractivity contribution in [2.75, 3.05) is 7.11 Å². The molecule has 0 aromatic rings. The molecule has 0 aromatic heterocycles. The predicted molar refractivity (Wildman–Crippen MR) is 51.4 cm³/mol. The molecule has 0 spiro atoms. The Labute approximate surface area is 79.8 Å². The van der Waals surface area contributed by atoms with Gasteiger partial charge >= 0.3 is 0 Å². The molecule has 0 aliphatic carbocycles. The lowest BCUT2D eigenvalue weighted by Gasteiger charge is -2.40. The van der Waals surface area contributed by atoms with Gasteiger partial charge < -0.3 is 10.1 Å². The highest BCUT2D eigenvalue weighted by Crippen LogP contribution is 2.43. The van der Waals surface area contributed by atoms with E-state index in [9.17, 15) is 4.79 Å². The molecule has 3 heteroatoms. The van der Waals surface area contributed by atoms with Gasteiger partial charge in [-0.05, 0) is 20.8 Å². The van der Waals surface area contributed by atoms with Crippen molar-refractivity contribution in [1.82, 2.24) is 5.32 Å². The first-order valence-corrected chi connectivity index (χ1v) is 4.67. The third-order valence-corrected chi connectivity index (χ3v) is 3.66. The van der Waals surface area contributed by atoms with Crippen LogP contribution in [-0.4, -0.2) is 24.7 Å². The van der Waals surface area contributed by atoms with Gasteiger partial charge in [0.25, 0.3) is 0 Å². The average Bonchev–Trinajstić information content (AvgIpc) is 2.20. The normalized spacial score (nSPS) is 34.4. The SMILES string of the molecule is COC(C)C1(C)CC(=O)NC1(C)C. The first kappa shape index (κ1) is 10.5. The molecule has 3 nitrogen and oxygen atoms in total. The Bertz CT molecular complexity index is 225. The molecule has 76 valence electrons. The summed E-state index contributed by atoms with van der Waals surface area (Å²) in [6, 6.07) is 0. The van der Waals surface area contributed by atoms with E-state index < -0.39 is 0 Å². The second-order valence-electron chi connectivity index (χ2n) is 4.65. The zero-order valence-corrected chi connectivity index (χ0v) is 9.10. The van der Waals surface area contributed by atoms with Gasteiger partial charge in [0.05, 0.1) is 6.10 Å². The molecule has 1 amide bonds. The summed E-state index contributed by atoms with van der Waals surface area (Å²) in [4.78, 5) is 11.3. The van der Waals surface area contributed by atoms with E-state index >= 15 is 0 Å². The molecule has 2 unspecified atom stereocenters. The van der Waals surface area contributed by atoms with Crippen LogP contribution in [0.5, 0.6) is 0 Å². The molecule has 1 aliphatic heterocycles. The van der Waals surface area contributed by atoms with Crippen LogP contribution in [0.15, 0.2) is 0 Å². The Morgan fingerprint density at radius 1 is 1.46 bits per heavy atom. The molecular formula is C10H19NO2. The fourth-order valence-corrected chi connectivity index (χ4v) is 2.00. The van der Waals surface area contributed by atoms with Gasteiger partial charge in [-0.3, -0.25) is 4.79 Å². The number of hydrogen-bond acceptors (Lipinski definition) is 2. The van der Waals surface area contributed by atoms with Crippen LogP contribution in [0, 0.1) is 5.41 Å². The smallest absolute Gasteiger partial charge is 0.221 e. The van der Waals surface area contributed by atoms with Crippen molar-refractivity contribution >= 4 is 5.91 Å².